The predicted octanol–water partition coefficient (Wildman–Crippen LogP) is 0.569. The number of hydrogen-bond donors (Lipinski definition) is 1. The highest BCUT2D eigenvalue weighted by Crippen LogP contribution is 2.01. The minimum absolute atomic E-state index is 0.660. The summed E-state index contributed by atoms with van der Waals surface area (Å²) in [7, 11) is -1.93. The first-order chi connectivity index (χ1) is 6.17. The fourth-order valence-corrected chi connectivity index (χ4v) is 2.37. The number of nitrogens with one attached hydrogen (secondary N) is 1. The summed E-state index contributed by atoms with van der Waals surface area (Å²) in [5.74, 6) is 4.40. The van der Waals surface area contributed by atoms with Crippen LogP contribution in [0.25, 0.3) is 0 Å². The van der Waals surface area contributed by atoms with Crippen LogP contribution in [0.2, 0.25) is 0 Å². The molecule has 1 fully saturated rings. The summed E-state index contributed by atoms with van der Waals surface area (Å²) >= 11 is 0. The zero-order valence-corrected chi connectivity index (χ0v) is 9.82. The Balaban J connectivity index is 0.000000671. The fourth-order valence-electron chi connectivity index (χ4n) is 1.16. The Morgan fingerprint density at radius 2 is 1.85 bits per heavy atom. The van der Waals surface area contributed by atoms with Gasteiger partial charge in [-0.15, -0.1) is 0 Å². The lowest BCUT2D eigenvalue weighted by Crippen LogP contribution is -2.46. The molecule has 0 spiro atoms. The van der Waals surface area contributed by atoms with E-state index in [1.54, 1.807) is 0 Å². The van der Waals surface area contributed by atoms with Gasteiger partial charge in [-0.25, -0.2) is 4.31 Å². The zero-order valence-electron chi connectivity index (χ0n) is 9.01. The van der Waals surface area contributed by atoms with Gasteiger partial charge in [-0.2, -0.15) is 0 Å². The molecule has 13 heavy (non-hydrogen) atoms. The summed E-state index contributed by atoms with van der Waals surface area (Å²) in [6.45, 7) is 9.54. The molecular formula is C9H22N2OS. The van der Waals surface area contributed by atoms with Crippen molar-refractivity contribution in [2.24, 2.45) is 0 Å². The van der Waals surface area contributed by atoms with Crippen molar-refractivity contribution in [2.75, 3.05) is 31.9 Å². The van der Waals surface area contributed by atoms with Crippen LogP contribution in [0.4, 0.5) is 0 Å². The van der Waals surface area contributed by atoms with E-state index >= 15 is 0 Å². The van der Waals surface area contributed by atoms with E-state index in [1.165, 1.54) is 0 Å². The van der Waals surface area contributed by atoms with Gasteiger partial charge in [0.05, 0.1) is 0 Å². The maximum absolute atomic E-state index is 11.7. The summed E-state index contributed by atoms with van der Waals surface area (Å²) in [6, 6.07) is 0. The fraction of sp³-hybridized carbons (Fsp3) is 0.889. The summed E-state index contributed by atoms with van der Waals surface area (Å²) in [5.41, 5.74) is 0. The molecule has 0 aromatic carbocycles. The molecule has 1 heterocycles. The van der Waals surface area contributed by atoms with Gasteiger partial charge < -0.3 is 5.32 Å². The third-order valence-electron chi connectivity index (χ3n) is 2.00. The summed E-state index contributed by atoms with van der Waals surface area (Å²) < 4.78 is 13.7. The lowest BCUT2D eigenvalue weighted by Gasteiger charge is -2.29. The Morgan fingerprint density at radius 3 is 2.23 bits per heavy atom. The Hall–Kier alpha value is -0.0600. The maximum atomic E-state index is 11.7. The quantitative estimate of drug-likeness (QED) is 0.670. The SMILES string of the molecule is C=S(=O)(CC)N1CCNCC1.CC. The van der Waals surface area contributed by atoms with Gasteiger partial charge in [0.2, 0.25) is 0 Å². The second-order valence-electron chi connectivity index (χ2n) is 2.74. The number of rotatable bonds is 2. The van der Waals surface area contributed by atoms with E-state index in [1.807, 2.05) is 25.1 Å². The largest absolute Gasteiger partial charge is 0.314 e. The first-order valence-electron chi connectivity index (χ1n) is 4.97. The molecule has 0 aromatic rings. The minimum atomic E-state index is -1.93. The van der Waals surface area contributed by atoms with Crippen LogP contribution in [-0.2, 0) is 9.71 Å². The normalized spacial score (nSPS) is 22.7. The van der Waals surface area contributed by atoms with Gasteiger partial charge >= 0.3 is 0 Å². The number of piperazine rings is 1. The molecule has 0 amide bonds. The molecule has 80 valence electrons. The Kier molecular flexibility index (Phi) is 6.37. The van der Waals surface area contributed by atoms with Crippen LogP contribution in [0.3, 0.4) is 0 Å². The van der Waals surface area contributed by atoms with Crippen molar-refractivity contribution in [3.05, 3.63) is 0 Å². The average molecular weight is 206 g/mol. The molecule has 0 aliphatic carbocycles. The molecule has 0 aromatic heterocycles. The highest BCUT2D eigenvalue weighted by Gasteiger charge is 2.15. The van der Waals surface area contributed by atoms with Crippen LogP contribution in [0, 0.1) is 0 Å². The van der Waals surface area contributed by atoms with Crippen LogP contribution in [0.15, 0.2) is 0 Å². The van der Waals surface area contributed by atoms with Gasteiger partial charge in [-0.3, -0.25) is 4.21 Å². The molecule has 1 N–H and O–H groups in total. The topological polar surface area (TPSA) is 32.3 Å². The Labute approximate surface area is 82.6 Å². The average Bonchev–Trinajstić information content (AvgIpc) is 2.22. The van der Waals surface area contributed by atoms with Crippen molar-refractivity contribution >= 4 is 15.6 Å². The van der Waals surface area contributed by atoms with Crippen molar-refractivity contribution in [1.29, 1.82) is 0 Å². The van der Waals surface area contributed by atoms with Crippen LogP contribution in [-0.4, -0.2) is 46.3 Å². The molecule has 1 rings (SSSR count). The summed E-state index contributed by atoms with van der Waals surface area (Å²) in [6.07, 6.45) is 0. The molecule has 1 aliphatic rings. The first-order valence-corrected chi connectivity index (χ1v) is 6.83. The molecule has 1 atom stereocenters. The Morgan fingerprint density at radius 1 is 1.38 bits per heavy atom. The maximum Gasteiger partial charge on any atom is 0.0272 e. The van der Waals surface area contributed by atoms with Gasteiger partial charge in [0.1, 0.15) is 0 Å². The standard InChI is InChI=1S/C7H16N2OS.C2H6/c1-3-11(2,10)9-6-4-8-5-7-9;1-2/h8H,2-7H2,1H3;1-2H3. The molecule has 0 saturated carbocycles. The van der Waals surface area contributed by atoms with E-state index in [9.17, 15) is 4.21 Å². The van der Waals surface area contributed by atoms with Crippen LogP contribution < -0.4 is 5.32 Å². The molecule has 4 heteroatoms. The Bertz CT molecular complexity index is 206. The molecular weight excluding hydrogens is 184 g/mol. The molecule has 0 radical (unpaired) electrons. The molecule has 3 nitrogen and oxygen atoms in total. The van der Waals surface area contributed by atoms with Crippen LogP contribution in [0.1, 0.15) is 20.8 Å². The van der Waals surface area contributed by atoms with Crippen molar-refractivity contribution in [2.45, 2.75) is 20.8 Å². The van der Waals surface area contributed by atoms with Gasteiger partial charge in [-0.05, 0) is 5.87 Å². The third-order valence-corrected chi connectivity index (χ3v) is 4.21. The van der Waals surface area contributed by atoms with E-state index in [0.29, 0.717) is 5.75 Å². The van der Waals surface area contributed by atoms with Gasteiger partial charge in [0, 0.05) is 41.6 Å². The van der Waals surface area contributed by atoms with Crippen LogP contribution in [0.5, 0.6) is 0 Å². The number of hydrogen-bond acceptors (Lipinski definition) is 2. The van der Waals surface area contributed by atoms with Gasteiger partial charge in [0.25, 0.3) is 0 Å². The highest BCUT2D eigenvalue weighted by atomic mass is 32.2. The van der Waals surface area contributed by atoms with E-state index < -0.39 is 9.71 Å². The highest BCUT2D eigenvalue weighted by molar-refractivity contribution is 7.98. The predicted molar refractivity (Wildman–Crippen MR) is 61.6 cm³/mol. The summed E-state index contributed by atoms with van der Waals surface area (Å²) in [4.78, 5) is 0. The van der Waals surface area contributed by atoms with E-state index in [4.69, 9.17) is 0 Å². The molecule has 0 bridgehead atoms. The second-order valence-corrected chi connectivity index (χ2v) is 5.38. The van der Waals surface area contributed by atoms with E-state index in [-0.39, 0.29) is 0 Å². The van der Waals surface area contributed by atoms with Crippen LogP contribution >= 0.6 is 0 Å². The lowest BCUT2D eigenvalue weighted by molar-refractivity contribution is 0.379. The number of nitrogens with zero attached hydrogens (tertiary/aromatic N) is 1. The van der Waals surface area contributed by atoms with Crippen molar-refractivity contribution in [1.82, 2.24) is 9.62 Å². The third kappa shape index (κ3) is 4.11. The minimum Gasteiger partial charge on any atom is -0.314 e. The van der Waals surface area contributed by atoms with Gasteiger partial charge in [0.15, 0.2) is 0 Å². The van der Waals surface area contributed by atoms with E-state index in [0.717, 1.165) is 26.2 Å². The first kappa shape index (κ1) is 12.9. The van der Waals surface area contributed by atoms with Crippen molar-refractivity contribution in [3.8, 4) is 0 Å². The summed E-state index contributed by atoms with van der Waals surface area (Å²) in [5, 5.41) is 3.22. The molecule has 1 aliphatic heterocycles. The zero-order chi connectivity index (χ0) is 10.3. The second kappa shape index (κ2) is 6.40. The smallest absolute Gasteiger partial charge is 0.0272 e. The monoisotopic (exact) mass is 206 g/mol. The lowest BCUT2D eigenvalue weighted by atomic mass is 10.4. The van der Waals surface area contributed by atoms with Crippen molar-refractivity contribution in [3.63, 3.8) is 0 Å². The molecule has 1 unspecified atom stereocenters. The molecule has 1 saturated heterocycles. The van der Waals surface area contributed by atoms with Gasteiger partial charge in [-0.1, -0.05) is 20.8 Å². The van der Waals surface area contributed by atoms with E-state index in [2.05, 4.69) is 11.2 Å². The van der Waals surface area contributed by atoms with Crippen molar-refractivity contribution < 1.29 is 4.21 Å².